The molecule has 0 aromatic carbocycles. The maximum Gasteiger partial charge on any atom is 0.171 e. The van der Waals surface area contributed by atoms with Gasteiger partial charge in [0.15, 0.2) is 11.5 Å². The quantitative estimate of drug-likeness (QED) is 0.730. The third-order valence-electron chi connectivity index (χ3n) is 2.61. The van der Waals surface area contributed by atoms with Crippen molar-refractivity contribution in [2.45, 2.75) is 12.8 Å². The van der Waals surface area contributed by atoms with Gasteiger partial charge in [-0.2, -0.15) is 0 Å². The molecule has 16 heavy (non-hydrogen) atoms. The Morgan fingerprint density at radius 3 is 2.06 bits per heavy atom. The zero-order valence-electron chi connectivity index (χ0n) is 8.86. The first-order valence-corrected chi connectivity index (χ1v) is 5.93. The van der Waals surface area contributed by atoms with Gasteiger partial charge in [0, 0.05) is 23.6 Å². The summed E-state index contributed by atoms with van der Waals surface area (Å²) in [6.07, 6.45) is 11.9. The molecule has 1 aromatic heterocycles. The van der Waals surface area contributed by atoms with Gasteiger partial charge in [-0.1, -0.05) is 0 Å². The van der Waals surface area contributed by atoms with Crippen LogP contribution in [0.3, 0.4) is 0 Å². The maximum atomic E-state index is 5.70. The van der Waals surface area contributed by atoms with Gasteiger partial charge in [0.1, 0.15) is 0 Å². The van der Waals surface area contributed by atoms with Gasteiger partial charge in [0.2, 0.25) is 0 Å². The fraction of sp³-hybridized carbons (Fsp3) is 0.385. The van der Waals surface area contributed by atoms with Gasteiger partial charge >= 0.3 is 0 Å². The first-order valence-electron chi connectivity index (χ1n) is 4.98. The van der Waals surface area contributed by atoms with E-state index in [1.807, 2.05) is 10.8 Å². The average molecular weight is 232 g/mol. The fourth-order valence-electron chi connectivity index (χ4n) is 1.69. The highest BCUT2D eigenvalue weighted by atomic mass is 32.1. The van der Waals surface area contributed by atoms with Gasteiger partial charge in [-0.25, -0.2) is 0 Å². The topological polar surface area (TPSA) is 18.5 Å². The molecule has 0 fully saturated rings. The Balaban J connectivity index is 2.18. The van der Waals surface area contributed by atoms with Crippen molar-refractivity contribution in [2.24, 2.45) is 5.41 Å². The molecule has 3 heteroatoms. The molecule has 1 aromatic rings. The molecule has 0 aliphatic carbocycles. The second-order valence-electron chi connectivity index (χ2n) is 3.94. The Morgan fingerprint density at radius 1 is 1.12 bits per heavy atom. The van der Waals surface area contributed by atoms with E-state index in [2.05, 4.69) is 11.8 Å². The van der Waals surface area contributed by atoms with Gasteiger partial charge in [-0.15, -0.1) is 36.0 Å². The standard InChI is InChI=1S/C13H12O2S/c1-3-5-13(6-4-2)9-14-11-7-16-8-12(11)15-10-13/h1-2,7-8H,5-6,9-10H2. The van der Waals surface area contributed by atoms with Crippen LogP contribution in [0.4, 0.5) is 0 Å². The summed E-state index contributed by atoms with van der Waals surface area (Å²) in [5, 5.41) is 3.86. The molecule has 2 rings (SSSR count). The van der Waals surface area contributed by atoms with E-state index >= 15 is 0 Å². The molecule has 1 aliphatic rings. The van der Waals surface area contributed by atoms with Crippen LogP contribution in [0, 0.1) is 30.1 Å². The summed E-state index contributed by atoms with van der Waals surface area (Å²) >= 11 is 1.56. The van der Waals surface area contributed by atoms with E-state index in [9.17, 15) is 0 Å². The maximum absolute atomic E-state index is 5.70. The van der Waals surface area contributed by atoms with Gasteiger partial charge in [0.05, 0.1) is 18.6 Å². The summed E-state index contributed by atoms with van der Waals surface area (Å²) in [5.41, 5.74) is -0.250. The lowest BCUT2D eigenvalue weighted by molar-refractivity contribution is 0.113. The predicted molar refractivity (Wildman–Crippen MR) is 64.6 cm³/mol. The summed E-state index contributed by atoms with van der Waals surface area (Å²) in [6.45, 7) is 1.04. The number of rotatable bonds is 2. The third-order valence-corrected chi connectivity index (χ3v) is 3.32. The lowest BCUT2D eigenvalue weighted by atomic mass is 9.83. The van der Waals surface area contributed by atoms with Crippen molar-refractivity contribution in [1.29, 1.82) is 0 Å². The van der Waals surface area contributed by atoms with Crippen LogP contribution in [0.2, 0.25) is 0 Å². The normalized spacial score (nSPS) is 16.9. The molecule has 2 nitrogen and oxygen atoms in total. The Bertz CT molecular complexity index is 407. The van der Waals surface area contributed by atoms with E-state index in [4.69, 9.17) is 22.3 Å². The summed E-state index contributed by atoms with van der Waals surface area (Å²) in [4.78, 5) is 0. The smallest absolute Gasteiger partial charge is 0.171 e. The number of hydrogen-bond donors (Lipinski definition) is 0. The van der Waals surface area contributed by atoms with Gasteiger partial charge in [0.25, 0.3) is 0 Å². The van der Waals surface area contributed by atoms with Crippen LogP contribution in [0.25, 0.3) is 0 Å². The van der Waals surface area contributed by atoms with Crippen molar-refractivity contribution in [3.05, 3.63) is 10.8 Å². The fourth-order valence-corrected chi connectivity index (χ4v) is 2.37. The number of terminal acetylenes is 2. The molecular weight excluding hydrogens is 220 g/mol. The Morgan fingerprint density at radius 2 is 1.62 bits per heavy atom. The van der Waals surface area contributed by atoms with E-state index in [1.54, 1.807) is 11.3 Å². The second-order valence-corrected chi connectivity index (χ2v) is 4.68. The van der Waals surface area contributed by atoms with E-state index in [0.29, 0.717) is 26.1 Å². The monoisotopic (exact) mass is 232 g/mol. The van der Waals surface area contributed by atoms with Crippen molar-refractivity contribution in [1.82, 2.24) is 0 Å². The van der Waals surface area contributed by atoms with Crippen LogP contribution in [0.15, 0.2) is 10.8 Å². The number of thiophene rings is 1. The Hall–Kier alpha value is -1.58. The number of fused-ring (bicyclic) bond motifs is 1. The van der Waals surface area contributed by atoms with Crippen LogP contribution in [-0.2, 0) is 0 Å². The molecule has 0 atom stereocenters. The van der Waals surface area contributed by atoms with Crippen molar-refractivity contribution >= 4 is 11.3 Å². The summed E-state index contributed by atoms with van der Waals surface area (Å²) in [5.74, 6) is 6.90. The number of hydrogen-bond acceptors (Lipinski definition) is 3. The molecule has 82 valence electrons. The molecule has 0 spiro atoms. The van der Waals surface area contributed by atoms with Crippen molar-refractivity contribution in [2.75, 3.05) is 13.2 Å². The molecule has 0 unspecified atom stereocenters. The minimum atomic E-state index is -0.250. The first-order chi connectivity index (χ1) is 7.79. The van der Waals surface area contributed by atoms with Crippen LogP contribution < -0.4 is 9.47 Å². The molecular formula is C13H12O2S. The van der Waals surface area contributed by atoms with E-state index in [-0.39, 0.29) is 5.41 Å². The van der Waals surface area contributed by atoms with E-state index in [1.165, 1.54) is 0 Å². The summed E-state index contributed by atoms with van der Waals surface area (Å²) in [6, 6.07) is 0. The third kappa shape index (κ3) is 2.01. The van der Waals surface area contributed by atoms with Crippen molar-refractivity contribution in [3.8, 4) is 36.2 Å². The Kier molecular flexibility index (Phi) is 3.08. The molecule has 1 aliphatic heterocycles. The van der Waals surface area contributed by atoms with Gasteiger partial charge in [-0.05, 0) is 0 Å². The average Bonchev–Trinajstić information content (AvgIpc) is 2.66. The molecule has 0 radical (unpaired) electrons. The van der Waals surface area contributed by atoms with Crippen LogP contribution in [0.1, 0.15) is 12.8 Å². The van der Waals surface area contributed by atoms with Crippen LogP contribution in [0.5, 0.6) is 11.5 Å². The highest BCUT2D eigenvalue weighted by Gasteiger charge is 2.34. The van der Waals surface area contributed by atoms with Crippen LogP contribution >= 0.6 is 11.3 Å². The van der Waals surface area contributed by atoms with Crippen molar-refractivity contribution < 1.29 is 9.47 Å². The minimum absolute atomic E-state index is 0.250. The van der Waals surface area contributed by atoms with E-state index < -0.39 is 0 Å². The largest absolute Gasteiger partial charge is 0.488 e. The molecule has 0 amide bonds. The number of ether oxygens (including phenoxy) is 2. The molecule has 0 saturated carbocycles. The first kappa shape index (κ1) is 10.9. The molecule has 2 heterocycles. The SMILES string of the molecule is C#CCC1(CC#C)COc2cscc2OC1. The highest BCUT2D eigenvalue weighted by Crippen LogP contribution is 2.39. The molecule has 0 bridgehead atoms. The van der Waals surface area contributed by atoms with Gasteiger partial charge < -0.3 is 9.47 Å². The minimum Gasteiger partial charge on any atom is -0.488 e. The van der Waals surface area contributed by atoms with Gasteiger partial charge in [-0.3, -0.25) is 0 Å². The second kappa shape index (κ2) is 4.51. The zero-order chi connectivity index (χ0) is 11.4. The Labute approximate surface area is 99.6 Å². The predicted octanol–water partition coefficient (Wildman–Crippen LogP) is 2.55. The highest BCUT2D eigenvalue weighted by molar-refractivity contribution is 7.08. The summed E-state index contributed by atoms with van der Waals surface area (Å²) < 4.78 is 11.4. The molecule has 0 N–H and O–H groups in total. The lowest BCUT2D eigenvalue weighted by Gasteiger charge is -2.26. The van der Waals surface area contributed by atoms with E-state index in [0.717, 1.165) is 11.5 Å². The zero-order valence-corrected chi connectivity index (χ0v) is 9.68. The lowest BCUT2D eigenvalue weighted by Crippen LogP contribution is -2.32. The summed E-state index contributed by atoms with van der Waals surface area (Å²) in [7, 11) is 0. The van der Waals surface area contributed by atoms with Crippen molar-refractivity contribution in [3.63, 3.8) is 0 Å². The van der Waals surface area contributed by atoms with Crippen LogP contribution in [-0.4, -0.2) is 13.2 Å². The molecule has 0 saturated heterocycles.